The first kappa shape index (κ1) is 22.6. The predicted octanol–water partition coefficient (Wildman–Crippen LogP) is 3.86. The Hall–Kier alpha value is -2.41. The fourth-order valence-corrected chi connectivity index (χ4v) is 3.32. The average molecular weight is 407 g/mol. The molecule has 2 N–H and O–H groups in total. The number of Topliss-reactive ketones (excluding diaryl/α,β-unsaturated/α-hetero) is 1. The molecule has 0 bridgehead atoms. The van der Waals surface area contributed by atoms with E-state index in [0.717, 1.165) is 0 Å². The molecule has 0 fully saturated rings. The van der Waals surface area contributed by atoms with Crippen LogP contribution in [0.15, 0.2) is 84.5 Å². The minimum Gasteiger partial charge on any atom is -0.365 e. The van der Waals surface area contributed by atoms with Gasteiger partial charge in [-0.1, -0.05) is 36.4 Å². The van der Waals surface area contributed by atoms with E-state index >= 15 is 0 Å². The van der Waals surface area contributed by atoms with E-state index in [1.807, 2.05) is 4.90 Å². The molecule has 1 aromatic rings. The fraction of sp³-hybridized carbons (Fsp3) is 0.150. The third-order valence-corrected chi connectivity index (χ3v) is 5.03. The summed E-state index contributed by atoms with van der Waals surface area (Å²) in [5.41, 5.74) is 1.22. The third-order valence-electron chi connectivity index (χ3n) is 3.63. The number of benzene rings is 1. The van der Waals surface area contributed by atoms with Crippen molar-refractivity contribution in [3.8, 4) is 0 Å². The number of primary sulfonamides is 1. The predicted molar refractivity (Wildman–Crippen MR) is 111 cm³/mol. The maximum Gasteiger partial charge on any atom is 0.239 e. The molecule has 0 aromatic heterocycles. The average Bonchev–Trinajstić information content (AvgIpc) is 2.61. The van der Waals surface area contributed by atoms with Crippen molar-refractivity contribution < 1.29 is 13.2 Å². The van der Waals surface area contributed by atoms with Gasteiger partial charge in [0, 0.05) is 29.9 Å². The van der Waals surface area contributed by atoms with Crippen molar-refractivity contribution in [2.45, 2.75) is 11.8 Å². The number of nitrogens with two attached hydrogens (primary N) is 1. The number of sulfonamides is 1. The Balaban J connectivity index is 3.13. The quantitative estimate of drug-likeness (QED) is 0.277. The fourth-order valence-electron chi connectivity index (χ4n) is 2.24. The molecule has 0 aliphatic rings. The molecule has 0 spiro atoms. The van der Waals surface area contributed by atoms with Crippen LogP contribution >= 0.6 is 11.6 Å². The number of carbonyl (C=O) groups excluding carboxylic acids is 1. The minimum absolute atomic E-state index is 0.0375. The van der Waals surface area contributed by atoms with Gasteiger partial charge in [-0.25, -0.2) is 13.6 Å². The highest BCUT2D eigenvalue weighted by Crippen LogP contribution is 2.23. The molecule has 0 amide bonds. The second-order valence-corrected chi connectivity index (χ2v) is 7.51. The molecule has 144 valence electrons. The van der Waals surface area contributed by atoms with Crippen LogP contribution in [-0.2, 0) is 10.0 Å². The van der Waals surface area contributed by atoms with Crippen LogP contribution < -0.4 is 5.14 Å². The van der Waals surface area contributed by atoms with E-state index in [0.29, 0.717) is 24.4 Å². The van der Waals surface area contributed by atoms with Gasteiger partial charge >= 0.3 is 0 Å². The maximum absolute atomic E-state index is 12.7. The highest BCUT2D eigenvalue weighted by Gasteiger charge is 2.17. The SMILES string of the molecule is C=CCN(CC=C)C(=C)/C=C\C(=C/C)C(=O)c1ccc(Cl)c(S(N)(=O)=O)c1. The smallest absolute Gasteiger partial charge is 0.239 e. The van der Waals surface area contributed by atoms with Gasteiger partial charge in [0.2, 0.25) is 10.0 Å². The first-order chi connectivity index (χ1) is 12.6. The van der Waals surface area contributed by atoms with Crippen molar-refractivity contribution in [3.63, 3.8) is 0 Å². The highest BCUT2D eigenvalue weighted by molar-refractivity contribution is 7.89. The van der Waals surface area contributed by atoms with E-state index in [1.54, 1.807) is 37.3 Å². The van der Waals surface area contributed by atoms with Crippen molar-refractivity contribution in [1.29, 1.82) is 0 Å². The third kappa shape index (κ3) is 6.36. The molecule has 0 saturated carbocycles. The first-order valence-electron chi connectivity index (χ1n) is 8.02. The van der Waals surface area contributed by atoms with E-state index < -0.39 is 10.0 Å². The van der Waals surface area contributed by atoms with Crippen LogP contribution in [0.3, 0.4) is 0 Å². The van der Waals surface area contributed by atoms with Crippen LogP contribution in [0.2, 0.25) is 5.02 Å². The number of allylic oxidation sites excluding steroid dienone is 4. The first-order valence-corrected chi connectivity index (χ1v) is 9.95. The molecule has 0 aliphatic carbocycles. The molecule has 0 atom stereocenters. The molecule has 0 radical (unpaired) electrons. The highest BCUT2D eigenvalue weighted by atomic mass is 35.5. The summed E-state index contributed by atoms with van der Waals surface area (Å²) >= 11 is 5.86. The van der Waals surface area contributed by atoms with Gasteiger partial charge in [-0.15, -0.1) is 13.2 Å². The number of halogens is 1. The lowest BCUT2D eigenvalue weighted by Gasteiger charge is -2.21. The number of carbonyl (C=O) groups is 1. The summed E-state index contributed by atoms with van der Waals surface area (Å²) in [7, 11) is -4.03. The number of hydrogen-bond donors (Lipinski definition) is 1. The normalized spacial score (nSPS) is 12.0. The summed E-state index contributed by atoms with van der Waals surface area (Å²) in [6.45, 7) is 14.3. The Morgan fingerprint density at radius 1 is 1.22 bits per heavy atom. The Labute approximate surface area is 165 Å². The zero-order valence-corrected chi connectivity index (χ0v) is 16.8. The van der Waals surface area contributed by atoms with Gasteiger partial charge in [0.25, 0.3) is 0 Å². The van der Waals surface area contributed by atoms with Crippen LogP contribution in [0.4, 0.5) is 0 Å². The molecular formula is C20H23ClN2O3S. The lowest BCUT2D eigenvalue weighted by atomic mass is 10.0. The van der Waals surface area contributed by atoms with E-state index in [9.17, 15) is 13.2 Å². The monoisotopic (exact) mass is 406 g/mol. The van der Waals surface area contributed by atoms with Gasteiger partial charge in [-0.2, -0.15) is 0 Å². The van der Waals surface area contributed by atoms with E-state index in [4.69, 9.17) is 16.7 Å². The lowest BCUT2D eigenvalue weighted by molar-refractivity contribution is 0.103. The van der Waals surface area contributed by atoms with Crippen molar-refractivity contribution >= 4 is 27.4 Å². The molecule has 1 aromatic carbocycles. The van der Waals surface area contributed by atoms with E-state index in [1.165, 1.54) is 18.2 Å². The minimum atomic E-state index is -4.03. The number of hydrogen-bond acceptors (Lipinski definition) is 4. The number of rotatable bonds is 10. The number of nitrogens with zero attached hydrogens (tertiary/aromatic N) is 1. The lowest BCUT2D eigenvalue weighted by Crippen LogP contribution is -2.21. The van der Waals surface area contributed by atoms with Gasteiger partial charge in [0.05, 0.1) is 5.02 Å². The second-order valence-electron chi connectivity index (χ2n) is 5.57. The van der Waals surface area contributed by atoms with Crippen LogP contribution in [0.5, 0.6) is 0 Å². The van der Waals surface area contributed by atoms with Crippen LogP contribution in [-0.4, -0.2) is 32.2 Å². The molecule has 27 heavy (non-hydrogen) atoms. The molecule has 7 heteroatoms. The van der Waals surface area contributed by atoms with Gasteiger partial charge in [0.15, 0.2) is 5.78 Å². The van der Waals surface area contributed by atoms with Crippen LogP contribution in [0, 0.1) is 0 Å². The topological polar surface area (TPSA) is 80.5 Å². The van der Waals surface area contributed by atoms with Crippen LogP contribution in [0.1, 0.15) is 17.3 Å². The largest absolute Gasteiger partial charge is 0.365 e. The Kier molecular flexibility index (Phi) is 8.43. The second kappa shape index (κ2) is 10.1. The van der Waals surface area contributed by atoms with Gasteiger partial charge in [-0.3, -0.25) is 4.79 Å². The molecule has 0 aliphatic heterocycles. The summed E-state index contributed by atoms with van der Waals surface area (Å²) < 4.78 is 23.2. The Morgan fingerprint density at radius 3 is 2.30 bits per heavy atom. The molecule has 1 rings (SSSR count). The molecule has 0 heterocycles. The van der Waals surface area contributed by atoms with Crippen LogP contribution in [0.25, 0.3) is 0 Å². The van der Waals surface area contributed by atoms with Gasteiger partial charge in [-0.05, 0) is 37.3 Å². The summed E-state index contributed by atoms with van der Waals surface area (Å²) in [5, 5.41) is 5.10. The molecule has 0 saturated heterocycles. The van der Waals surface area contributed by atoms with Crippen molar-refractivity contribution in [2.24, 2.45) is 5.14 Å². The van der Waals surface area contributed by atoms with Crippen molar-refractivity contribution in [2.75, 3.05) is 13.1 Å². The summed E-state index contributed by atoms with van der Waals surface area (Å²) in [6, 6.07) is 3.96. The summed E-state index contributed by atoms with van der Waals surface area (Å²) in [4.78, 5) is 14.4. The molecular weight excluding hydrogens is 384 g/mol. The van der Waals surface area contributed by atoms with E-state index in [2.05, 4.69) is 19.7 Å². The maximum atomic E-state index is 12.7. The van der Waals surface area contributed by atoms with Gasteiger partial charge < -0.3 is 4.90 Å². The van der Waals surface area contributed by atoms with E-state index in [-0.39, 0.29) is 21.3 Å². The van der Waals surface area contributed by atoms with Crippen molar-refractivity contribution in [3.05, 3.63) is 90.2 Å². The summed E-state index contributed by atoms with van der Waals surface area (Å²) in [5.74, 6) is -0.359. The summed E-state index contributed by atoms with van der Waals surface area (Å²) in [6.07, 6.45) is 8.44. The zero-order valence-electron chi connectivity index (χ0n) is 15.2. The van der Waals surface area contributed by atoms with Gasteiger partial charge in [0.1, 0.15) is 4.90 Å². The Morgan fingerprint density at radius 2 is 1.81 bits per heavy atom. The molecule has 0 unspecified atom stereocenters. The van der Waals surface area contributed by atoms with Crippen molar-refractivity contribution in [1.82, 2.24) is 4.90 Å². The Bertz CT molecular complexity index is 905. The zero-order chi connectivity index (χ0) is 20.6. The molecule has 5 nitrogen and oxygen atoms in total. The number of ketones is 1. The standard InChI is InChI=1S/C20H23ClN2O3S/c1-5-12-23(13-6-2)15(4)8-9-16(7-3)20(24)17-10-11-18(21)19(14-17)27(22,25)26/h5-11,14H,1-2,4,12-13H2,3H3,(H2,22,25,26)/b9-8-,16-7+.